The second-order valence-corrected chi connectivity index (χ2v) is 11.9. The zero-order chi connectivity index (χ0) is 24.8. The standard InChI is InChI=1S/C26H31ClN2O4S2/c1-33-18-4-5-21-19(15-18)25(20(27)17-28-21)22(30)6-7-26(16-23(31)32)8-10-29(11-9-26)12-14-35-24-3-2-13-34-24/h2-5,13,15,17,22,30H,6-12,14,16H2,1H3,(H,31,32). The van der Waals surface area contributed by atoms with Gasteiger partial charge >= 0.3 is 5.97 Å². The van der Waals surface area contributed by atoms with Crippen LogP contribution in [0.1, 0.15) is 43.8 Å². The molecule has 188 valence electrons. The molecule has 0 radical (unpaired) electrons. The molecule has 1 fully saturated rings. The van der Waals surface area contributed by atoms with Crippen LogP contribution in [-0.4, -0.2) is 58.6 Å². The van der Waals surface area contributed by atoms with E-state index in [-0.39, 0.29) is 11.8 Å². The minimum atomic E-state index is -0.814. The third-order valence-corrected chi connectivity index (χ3v) is 9.35. The molecule has 1 aliphatic heterocycles. The highest BCUT2D eigenvalue weighted by atomic mass is 35.5. The maximum Gasteiger partial charge on any atom is 0.303 e. The van der Waals surface area contributed by atoms with Gasteiger partial charge in [0.05, 0.1) is 34.4 Å². The normalized spacial score (nSPS) is 16.9. The molecule has 0 saturated carbocycles. The summed E-state index contributed by atoms with van der Waals surface area (Å²) in [5.41, 5.74) is 1.04. The molecule has 0 spiro atoms. The molecule has 0 amide bonds. The molecule has 1 aromatic carbocycles. The second kappa shape index (κ2) is 11.9. The number of fused-ring (bicyclic) bond motifs is 1. The highest BCUT2D eigenvalue weighted by Gasteiger charge is 2.37. The second-order valence-electron chi connectivity index (χ2n) is 9.15. The number of aliphatic hydroxyl groups is 1. The number of carbonyl (C=O) groups is 1. The van der Waals surface area contributed by atoms with Crippen molar-refractivity contribution in [3.8, 4) is 5.75 Å². The SMILES string of the molecule is COc1ccc2ncc(Cl)c(C(O)CCC3(CC(=O)O)CCN(CCSc4cccs4)CC3)c2c1. The Bertz CT molecular complexity index is 1130. The molecule has 1 saturated heterocycles. The van der Waals surface area contributed by atoms with Gasteiger partial charge < -0.3 is 19.8 Å². The number of methoxy groups -OCH3 is 1. The lowest BCUT2D eigenvalue weighted by Gasteiger charge is -2.41. The van der Waals surface area contributed by atoms with E-state index in [9.17, 15) is 15.0 Å². The molecule has 2 aromatic heterocycles. The monoisotopic (exact) mass is 534 g/mol. The molecule has 0 bridgehead atoms. The van der Waals surface area contributed by atoms with Crippen LogP contribution in [0.5, 0.6) is 5.75 Å². The average molecular weight is 535 g/mol. The Labute approximate surface area is 219 Å². The first kappa shape index (κ1) is 26.2. The number of hydrogen-bond donors (Lipinski definition) is 2. The highest BCUT2D eigenvalue weighted by molar-refractivity contribution is 8.01. The predicted octanol–water partition coefficient (Wildman–Crippen LogP) is 6.12. The Balaban J connectivity index is 1.40. The molecule has 1 aliphatic rings. The largest absolute Gasteiger partial charge is 0.497 e. The van der Waals surface area contributed by atoms with Crippen LogP contribution in [0.15, 0.2) is 46.1 Å². The van der Waals surface area contributed by atoms with E-state index in [2.05, 4.69) is 27.4 Å². The number of pyridine rings is 1. The molecule has 9 heteroatoms. The van der Waals surface area contributed by atoms with Gasteiger partial charge in [-0.25, -0.2) is 0 Å². The number of benzene rings is 1. The fourth-order valence-corrected chi connectivity index (χ4v) is 7.07. The molecule has 3 heterocycles. The zero-order valence-corrected chi connectivity index (χ0v) is 22.2. The Morgan fingerprint density at radius 3 is 2.83 bits per heavy atom. The number of hydrogen-bond acceptors (Lipinski definition) is 7. The molecular weight excluding hydrogens is 504 g/mol. The van der Waals surface area contributed by atoms with E-state index in [1.165, 1.54) is 4.21 Å². The van der Waals surface area contributed by atoms with Crippen LogP contribution < -0.4 is 4.74 Å². The predicted molar refractivity (Wildman–Crippen MR) is 143 cm³/mol. The van der Waals surface area contributed by atoms with Crippen molar-refractivity contribution in [2.45, 2.75) is 42.4 Å². The number of thioether (sulfide) groups is 1. The van der Waals surface area contributed by atoms with Crippen molar-refractivity contribution in [1.29, 1.82) is 0 Å². The van der Waals surface area contributed by atoms with Crippen molar-refractivity contribution >= 4 is 51.6 Å². The van der Waals surface area contributed by atoms with Gasteiger partial charge in [0.2, 0.25) is 0 Å². The van der Waals surface area contributed by atoms with Gasteiger partial charge in [0, 0.05) is 29.4 Å². The molecule has 4 rings (SSSR count). The number of carboxylic acids is 1. The van der Waals surface area contributed by atoms with Crippen molar-refractivity contribution < 1.29 is 19.7 Å². The molecule has 1 unspecified atom stereocenters. The number of aliphatic carboxylic acids is 1. The minimum absolute atomic E-state index is 0.121. The van der Waals surface area contributed by atoms with Gasteiger partial charge in [0.25, 0.3) is 0 Å². The maximum atomic E-state index is 11.8. The van der Waals surface area contributed by atoms with Crippen molar-refractivity contribution in [2.24, 2.45) is 5.41 Å². The van der Waals surface area contributed by atoms with Crippen LogP contribution in [0, 0.1) is 5.41 Å². The van der Waals surface area contributed by atoms with Gasteiger partial charge in [-0.3, -0.25) is 9.78 Å². The topological polar surface area (TPSA) is 82.9 Å². The Hall–Kier alpha value is -1.84. The summed E-state index contributed by atoms with van der Waals surface area (Å²) in [6, 6.07) is 9.73. The van der Waals surface area contributed by atoms with E-state index in [0.717, 1.165) is 49.1 Å². The Morgan fingerprint density at radius 1 is 1.34 bits per heavy atom. The molecular formula is C26H31ClN2O4S2. The van der Waals surface area contributed by atoms with E-state index >= 15 is 0 Å². The summed E-state index contributed by atoms with van der Waals surface area (Å²) in [5.74, 6) is 0.919. The van der Waals surface area contributed by atoms with Gasteiger partial charge in [-0.05, 0) is 73.8 Å². The number of carboxylic acid groups (broad SMARTS) is 1. The number of likely N-dealkylation sites (tertiary alicyclic amines) is 1. The number of aromatic nitrogens is 1. The lowest BCUT2D eigenvalue weighted by atomic mass is 9.71. The maximum absolute atomic E-state index is 11.8. The summed E-state index contributed by atoms with van der Waals surface area (Å²) >= 11 is 10.1. The molecule has 3 aromatic rings. The van der Waals surface area contributed by atoms with E-state index < -0.39 is 12.1 Å². The van der Waals surface area contributed by atoms with Gasteiger partial charge in [0.15, 0.2) is 0 Å². The van der Waals surface area contributed by atoms with Crippen molar-refractivity contribution in [3.05, 3.63) is 52.5 Å². The quantitative estimate of drug-likeness (QED) is 0.287. The van der Waals surface area contributed by atoms with Crippen molar-refractivity contribution in [1.82, 2.24) is 9.88 Å². The van der Waals surface area contributed by atoms with Crippen molar-refractivity contribution in [3.63, 3.8) is 0 Å². The molecule has 35 heavy (non-hydrogen) atoms. The summed E-state index contributed by atoms with van der Waals surface area (Å²) in [4.78, 5) is 18.5. The first-order chi connectivity index (χ1) is 16.9. The fourth-order valence-electron chi connectivity index (χ4n) is 4.93. The molecule has 2 N–H and O–H groups in total. The first-order valence-corrected chi connectivity index (χ1v) is 14.0. The number of aliphatic hydroxyl groups excluding tert-OH is 1. The highest BCUT2D eigenvalue weighted by Crippen LogP contribution is 2.43. The third-order valence-electron chi connectivity index (χ3n) is 6.94. The van der Waals surface area contributed by atoms with E-state index in [1.807, 2.05) is 30.0 Å². The van der Waals surface area contributed by atoms with Gasteiger partial charge in [-0.15, -0.1) is 23.1 Å². The van der Waals surface area contributed by atoms with E-state index in [1.54, 1.807) is 24.6 Å². The van der Waals surface area contributed by atoms with E-state index in [0.29, 0.717) is 29.2 Å². The van der Waals surface area contributed by atoms with Gasteiger partial charge in [0.1, 0.15) is 5.75 Å². The Kier molecular flexibility index (Phi) is 8.94. The first-order valence-electron chi connectivity index (χ1n) is 11.8. The molecule has 0 aliphatic carbocycles. The fraction of sp³-hybridized carbons (Fsp3) is 0.462. The zero-order valence-electron chi connectivity index (χ0n) is 19.8. The lowest BCUT2D eigenvalue weighted by Crippen LogP contribution is -2.42. The summed E-state index contributed by atoms with van der Waals surface area (Å²) in [5, 5.41) is 24.1. The summed E-state index contributed by atoms with van der Waals surface area (Å²) < 4.78 is 6.68. The van der Waals surface area contributed by atoms with Crippen LogP contribution >= 0.6 is 34.7 Å². The van der Waals surface area contributed by atoms with Crippen molar-refractivity contribution in [2.75, 3.05) is 32.5 Å². The Morgan fingerprint density at radius 2 is 2.14 bits per heavy atom. The van der Waals surface area contributed by atoms with Crippen LogP contribution in [0.4, 0.5) is 0 Å². The number of nitrogens with zero attached hydrogens (tertiary/aromatic N) is 2. The molecule has 1 atom stereocenters. The number of halogens is 1. The number of rotatable bonds is 11. The third kappa shape index (κ3) is 6.68. The van der Waals surface area contributed by atoms with Gasteiger partial charge in [-0.2, -0.15) is 0 Å². The summed E-state index contributed by atoms with van der Waals surface area (Å²) in [6.45, 7) is 2.75. The van der Waals surface area contributed by atoms with Crippen LogP contribution in [0.2, 0.25) is 5.02 Å². The summed E-state index contributed by atoms with van der Waals surface area (Å²) in [7, 11) is 1.60. The lowest BCUT2D eigenvalue weighted by molar-refractivity contribution is -0.141. The van der Waals surface area contributed by atoms with Gasteiger partial charge in [-0.1, -0.05) is 17.7 Å². The smallest absolute Gasteiger partial charge is 0.303 e. The number of thiophene rings is 1. The average Bonchev–Trinajstić information content (AvgIpc) is 3.36. The van der Waals surface area contributed by atoms with Crippen LogP contribution in [0.3, 0.4) is 0 Å². The number of piperidine rings is 1. The summed E-state index contributed by atoms with van der Waals surface area (Å²) in [6.07, 6.45) is 3.57. The minimum Gasteiger partial charge on any atom is -0.497 e. The molecule has 6 nitrogen and oxygen atoms in total. The van der Waals surface area contributed by atoms with Crippen LogP contribution in [0.25, 0.3) is 10.9 Å². The number of ether oxygens (including phenoxy) is 1. The van der Waals surface area contributed by atoms with Crippen LogP contribution in [-0.2, 0) is 4.79 Å². The van der Waals surface area contributed by atoms with E-state index in [4.69, 9.17) is 16.3 Å².